The van der Waals surface area contributed by atoms with Crippen molar-refractivity contribution in [3.8, 4) is 0 Å². The Labute approximate surface area is 107 Å². The summed E-state index contributed by atoms with van der Waals surface area (Å²) in [5, 5.41) is 0.534. The summed E-state index contributed by atoms with van der Waals surface area (Å²) in [5.41, 5.74) is 3.01. The van der Waals surface area contributed by atoms with E-state index in [-0.39, 0.29) is 0 Å². The van der Waals surface area contributed by atoms with Gasteiger partial charge in [-0.05, 0) is 18.9 Å². The van der Waals surface area contributed by atoms with Crippen molar-refractivity contribution in [2.75, 3.05) is 0 Å². The van der Waals surface area contributed by atoms with Crippen LogP contribution in [-0.2, 0) is 0 Å². The lowest BCUT2D eigenvalue weighted by atomic mass is 10.1. The molecule has 0 fully saturated rings. The van der Waals surface area contributed by atoms with Gasteiger partial charge >= 0.3 is 0 Å². The molecule has 2 aromatic rings. The Morgan fingerprint density at radius 2 is 1.76 bits per heavy atom. The van der Waals surface area contributed by atoms with E-state index in [9.17, 15) is 0 Å². The molecular weight excluding hydrogens is 234 g/mol. The molecule has 0 radical (unpaired) electrons. The van der Waals surface area contributed by atoms with Gasteiger partial charge in [-0.1, -0.05) is 39.3 Å². The lowest BCUT2D eigenvalue weighted by molar-refractivity contribution is 0.748. The fourth-order valence-electron chi connectivity index (χ4n) is 2.05. The van der Waals surface area contributed by atoms with Gasteiger partial charge in [0.05, 0.1) is 5.69 Å². The molecule has 0 aliphatic rings. The van der Waals surface area contributed by atoms with Crippen LogP contribution in [0.2, 0.25) is 5.15 Å². The standard InChI is InChI=1S/C13H18ClN3/c1-7(2)11-13-15-10(14)6-9(5)17(13)12(16-11)8(3)4/h6-8H,1-5H3. The predicted molar refractivity (Wildman–Crippen MR) is 70.9 cm³/mol. The number of nitrogens with zero attached hydrogens (tertiary/aromatic N) is 3. The van der Waals surface area contributed by atoms with Crippen LogP contribution in [0.3, 0.4) is 0 Å². The van der Waals surface area contributed by atoms with Gasteiger partial charge in [-0.2, -0.15) is 0 Å². The smallest absolute Gasteiger partial charge is 0.162 e. The van der Waals surface area contributed by atoms with Crippen molar-refractivity contribution in [1.29, 1.82) is 0 Å². The highest BCUT2D eigenvalue weighted by Crippen LogP contribution is 2.26. The van der Waals surface area contributed by atoms with Gasteiger partial charge in [-0.3, -0.25) is 4.40 Å². The van der Waals surface area contributed by atoms with Crippen LogP contribution in [-0.4, -0.2) is 14.4 Å². The molecule has 0 saturated heterocycles. The maximum atomic E-state index is 6.04. The van der Waals surface area contributed by atoms with E-state index in [1.807, 2.05) is 13.0 Å². The second-order valence-electron chi connectivity index (χ2n) is 5.04. The van der Waals surface area contributed by atoms with Crippen LogP contribution in [0.4, 0.5) is 0 Å². The number of imidazole rings is 1. The fourth-order valence-corrected chi connectivity index (χ4v) is 2.28. The van der Waals surface area contributed by atoms with E-state index in [4.69, 9.17) is 16.6 Å². The van der Waals surface area contributed by atoms with Gasteiger partial charge in [-0.15, -0.1) is 0 Å². The van der Waals surface area contributed by atoms with E-state index in [0.717, 1.165) is 22.9 Å². The topological polar surface area (TPSA) is 30.2 Å². The van der Waals surface area contributed by atoms with Crippen LogP contribution in [0.1, 0.15) is 56.7 Å². The minimum absolute atomic E-state index is 0.350. The number of aryl methyl sites for hydroxylation is 1. The summed E-state index contributed by atoms with van der Waals surface area (Å²) in [6, 6.07) is 1.88. The lowest BCUT2D eigenvalue weighted by Crippen LogP contribution is -2.01. The van der Waals surface area contributed by atoms with E-state index >= 15 is 0 Å². The second kappa shape index (κ2) is 4.30. The third-order valence-corrected chi connectivity index (χ3v) is 3.06. The van der Waals surface area contributed by atoms with Crippen molar-refractivity contribution < 1.29 is 0 Å². The van der Waals surface area contributed by atoms with E-state index < -0.39 is 0 Å². The van der Waals surface area contributed by atoms with Gasteiger partial charge in [0.2, 0.25) is 0 Å². The summed E-state index contributed by atoms with van der Waals surface area (Å²) in [6.07, 6.45) is 0. The number of aromatic nitrogens is 3. The molecular formula is C13H18ClN3. The molecule has 0 spiro atoms. The Bertz CT molecular complexity index is 555. The monoisotopic (exact) mass is 251 g/mol. The molecule has 0 aromatic carbocycles. The Morgan fingerprint density at radius 1 is 1.12 bits per heavy atom. The highest BCUT2D eigenvalue weighted by atomic mass is 35.5. The number of rotatable bonds is 2. The van der Waals surface area contributed by atoms with E-state index in [1.54, 1.807) is 0 Å². The van der Waals surface area contributed by atoms with Gasteiger partial charge in [0.25, 0.3) is 0 Å². The number of halogens is 1. The molecule has 2 heterocycles. The van der Waals surface area contributed by atoms with Crippen molar-refractivity contribution in [1.82, 2.24) is 14.4 Å². The minimum atomic E-state index is 0.350. The van der Waals surface area contributed by atoms with Crippen LogP contribution in [0, 0.1) is 6.92 Å². The van der Waals surface area contributed by atoms with Gasteiger partial charge in [0.15, 0.2) is 5.65 Å². The minimum Gasteiger partial charge on any atom is -0.285 e. The molecule has 0 unspecified atom stereocenters. The zero-order valence-electron chi connectivity index (χ0n) is 11.0. The maximum Gasteiger partial charge on any atom is 0.162 e. The predicted octanol–water partition coefficient (Wildman–Crippen LogP) is 3.94. The van der Waals surface area contributed by atoms with Crippen molar-refractivity contribution >= 4 is 17.2 Å². The molecule has 0 aliphatic carbocycles. The molecule has 0 bridgehead atoms. The lowest BCUT2D eigenvalue weighted by Gasteiger charge is -2.07. The van der Waals surface area contributed by atoms with Crippen LogP contribution >= 0.6 is 11.6 Å². The molecule has 0 saturated carbocycles. The third-order valence-electron chi connectivity index (χ3n) is 2.86. The molecule has 4 heteroatoms. The summed E-state index contributed by atoms with van der Waals surface area (Å²) in [7, 11) is 0. The first-order valence-corrected chi connectivity index (χ1v) is 6.35. The normalized spacial score (nSPS) is 12.0. The van der Waals surface area contributed by atoms with Crippen LogP contribution in [0.15, 0.2) is 6.07 Å². The van der Waals surface area contributed by atoms with E-state index in [0.29, 0.717) is 17.0 Å². The molecule has 0 aliphatic heterocycles. The zero-order valence-corrected chi connectivity index (χ0v) is 11.7. The Morgan fingerprint density at radius 3 is 2.29 bits per heavy atom. The first-order chi connectivity index (χ1) is 7.91. The van der Waals surface area contributed by atoms with Crippen LogP contribution in [0.25, 0.3) is 5.65 Å². The highest BCUT2D eigenvalue weighted by molar-refractivity contribution is 6.29. The second-order valence-corrected chi connectivity index (χ2v) is 5.43. The Balaban J connectivity index is 2.86. The van der Waals surface area contributed by atoms with Crippen molar-refractivity contribution in [2.24, 2.45) is 0 Å². The quantitative estimate of drug-likeness (QED) is 0.757. The van der Waals surface area contributed by atoms with Gasteiger partial charge in [0, 0.05) is 11.6 Å². The summed E-state index contributed by atoms with van der Waals surface area (Å²) in [5.74, 6) is 1.78. The molecule has 92 valence electrons. The van der Waals surface area contributed by atoms with E-state index in [2.05, 4.69) is 37.1 Å². The van der Waals surface area contributed by atoms with Crippen LogP contribution in [0.5, 0.6) is 0 Å². The van der Waals surface area contributed by atoms with Crippen LogP contribution < -0.4 is 0 Å². The maximum absolute atomic E-state index is 6.04. The number of hydrogen-bond donors (Lipinski definition) is 0. The average molecular weight is 252 g/mol. The van der Waals surface area contributed by atoms with Crippen molar-refractivity contribution in [2.45, 2.75) is 46.5 Å². The Hall–Kier alpha value is -1.09. The number of fused-ring (bicyclic) bond motifs is 1. The van der Waals surface area contributed by atoms with Gasteiger partial charge in [-0.25, -0.2) is 9.97 Å². The highest BCUT2D eigenvalue weighted by Gasteiger charge is 2.18. The zero-order chi connectivity index (χ0) is 12.7. The molecule has 2 rings (SSSR count). The third kappa shape index (κ3) is 2.04. The van der Waals surface area contributed by atoms with Gasteiger partial charge < -0.3 is 0 Å². The summed E-state index contributed by atoms with van der Waals surface area (Å²) in [4.78, 5) is 9.16. The molecule has 17 heavy (non-hydrogen) atoms. The van der Waals surface area contributed by atoms with Crippen molar-refractivity contribution in [3.63, 3.8) is 0 Å². The SMILES string of the molecule is Cc1cc(Cl)nc2c(C(C)C)nc(C(C)C)n12. The largest absolute Gasteiger partial charge is 0.285 e. The average Bonchev–Trinajstić information content (AvgIpc) is 2.56. The molecule has 0 atom stereocenters. The first kappa shape index (κ1) is 12.4. The van der Waals surface area contributed by atoms with E-state index in [1.165, 1.54) is 0 Å². The molecule has 3 nitrogen and oxygen atoms in total. The van der Waals surface area contributed by atoms with Gasteiger partial charge in [0.1, 0.15) is 11.0 Å². The van der Waals surface area contributed by atoms with Crippen molar-refractivity contribution in [3.05, 3.63) is 28.4 Å². The fraction of sp³-hybridized carbons (Fsp3) is 0.538. The Kier molecular flexibility index (Phi) is 3.13. The summed E-state index contributed by atoms with van der Waals surface area (Å²) in [6.45, 7) is 10.6. The summed E-state index contributed by atoms with van der Waals surface area (Å²) < 4.78 is 2.12. The first-order valence-electron chi connectivity index (χ1n) is 5.97. The molecule has 0 N–H and O–H groups in total. The molecule has 2 aromatic heterocycles. The number of hydrogen-bond acceptors (Lipinski definition) is 2. The molecule has 0 amide bonds. The summed E-state index contributed by atoms with van der Waals surface area (Å²) >= 11 is 6.04.